The molecule has 0 saturated carbocycles. The van der Waals surface area contributed by atoms with E-state index in [9.17, 15) is 14.4 Å². The van der Waals surface area contributed by atoms with E-state index in [2.05, 4.69) is 16.5 Å². The van der Waals surface area contributed by atoms with Crippen molar-refractivity contribution in [3.05, 3.63) is 82.0 Å². The number of ether oxygens (including phenoxy) is 1. The minimum Gasteiger partial charge on any atom is -0.482 e. The maximum absolute atomic E-state index is 12.9. The molecule has 3 heterocycles. The predicted octanol–water partition coefficient (Wildman–Crippen LogP) is 4.85. The van der Waals surface area contributed by atoms with Crippen molar-refractivity contribution in [3.63, 3.8) is 0 Å². The third kappa shape index (κ3) is 4.52. The molecule has 35 heavy (non-hydrogen) atoms. The van der Waals surface area contributed by atoms with Gasteiger partial charge in [0.2, 0.25) is 0 Å². The van der Waals surface area contributed by atoms with Crippen LogP contribution in [0.5, 0.6) is 5.75 Å². The number of thiophene rings is 1. The lowest BCUT2D eigenvalue weighted by molar-refractivity contribution is -0.121. The summed E-state index contributed by atoms with van der Waals surface area (Å²) in [5.41, 5.74) is 3.73. The first-order valence-corrected chi connectivity index (χ1v) is 12.7. The third-order valence-corrected chi connectivity index (χ3v) is 7.41. The fraction of sp³-hybridized carbons (Fsp3) is 0.154. The average molecular weight is 504 g/mol. The van der Waals surface area contributed by atoms with Crippen molar-refractivity contribution in [2.45, 2.75) is 12.1 Å². The van der Waals surface area contributed by atoms with Crippen LogP contribution in [-0.2, 0) is 4.79 Å². The van der Waals surface area contributed by atoms with Gasteiger partial charge < -0.3 is 14.6 Å². The Bertz CT molecular complexity index is 1520. The van der Waals surface area contributed by atoms with E-state index in [1.54, 1.807) is 29.2 Å². The van der Waals surface area contributed by atoms with Crippen molar-refractivity contribution in [1.82, 2.24) is 9.97 Å². The van der Waals surface area contributed by atoms with Crippen LogP contribution in [0, 0.1) is 6.92 Å². The Morgan fingerprint density at radius 1 is 1.26 bits per heavy atom. The summed E-state index contributed by atoms with van der Waals surface area (Å²) < 4.78 is 5.48. The number of H-pyrrole nitrogens is 1. The van der Waals surface area contributed by atoms with Gasteiger partial charge in [0.15, 0.2) is 17.5 Å². The van der Waals surface area contributed by atoms with Gasteiger partial charge in [0.05, 0.1) is 16.8 Å². The molecule has 4 aromatic rings. The number of hydrogen-bond acceptors (Lipinski definition) is 7. The number of nitrogens with one attached hydrogen (secondary N) is 1. The van der Waals surface area contributed by atoms with Crippen LogP contribution in [0.1, 0.15) is 15.9 Å². The molecule has 1 N–H and O–H groups in total. The fourth-order valence-electron chi connectivity index (χ4n) is 3.87. The zero-order valence-corrected chi connectivity index (χ0v) is 20.5. The van der Waals surface area contributed by atoms with Gasteiger partial charge in [0.1, 0.15) is 10.6 Å². The first-order valence-electron chi connectivity index (χ1n) is 10.9. The Labute approximate surface area is 209 Å². The quantitative estimate of drug-likeness (QED) is 0.168. The molecule has 0 unspecified atom stereocenters. The number of fused-ring (bicyclic) bond motifs is 2. The summed E-state index contributed by atoms with van der Waals surface area (Å²) in [6, 6.07) is 13.0. The molecule has 0 fully saturated rings. The van der Waals surface area contributed by atoms with E-state index >= 15 is 0 Å². The van der Waals surface area contributed by atoms with E-state index in [-0.39, 0.29) is 29.6 Å². The number of amides is 1. The minimum absolute atomic E-state index is 0.0418. The molecule has 0 bridgehead atoms. The van der Waals surface area contributed by atoms with Crippen molar-refractivity contribution in [2.24, 2.45) is 0 Å². The van der Waals surface area contributed by atoms with Crippen molar-refractivity contribution in [3.8, 4) is 16.9 Å². The number of carbonyl (C=O) groups excluding carboxylic acids is 2. The normalized spacial score (nSPS) is 12.9. The second-order valence-corrected chi connectivity index (χ2v) is 9.86. The summed E-state index contributed by atoms with van der Waals surface area (Å²) in [7, 11) is 0. The molecule has 2 aromatic carbocycles. The summed E-state index contributed by atoms with van der Waals surface area (Å²) in [5.74, 6) is 0.296. The highest BCUT2D eigenvalue weighted by atomic mass is 32.2. The monoisotopic (exact) mass is 503 g/mol. The van der Waals surface area contributed by atoms with Gasteiger partial charge in [-0.15, -0.1) is 17.9 Å². The lowest BCUT2D eigenvalue weighted by atomic mass is 10.1. The summed E-state index contributed by atoms with van der Waals surface area (Å²) in [4.78, 5) is 47.6. The van der Waals surface area contributed by atoms with Gasteiger partial charge in [0, 0.05) is 23.1 Å². The molecule has 1 amide bonds. The molecule has 5 rings (SSSR count). The third-order valence-electron chi connectivity index (χ3n) is 5.66. The lowest BCUT2D eigenvalue weighted by Gasteiger charge is -2.28. The van der Waals surface area contributed by atoms with E-state index in [1.165, 1.54) is 23.1 Å². The Morgan fingerprint density at radius 3 is 2.83 bits per heavy atom. The number of aromatic amines is 1. The van der Waals surface area contributed by atoms with Gasteiger partial charge in [-0.1, -0.05) is 47.7 Å². The highest BCUT2D eigenvalue weighted by Crippen LogP contribution is 2.34. The number of benzene rings is 2. The van der Waals surface area contributed by atoms with Crippen LogP contribution < -0.4 is 15.2 Å². The van der Waals surface area contributed by atoms with E-state index in [0.717, 1.165) is 16.7 Å². The number of aryl methyl sites for hydroxylation is 1. The summed E-state index contributed by atoms with van der Waals surface area (Å²) in [6.07, 6.45) is 1.63. The number of Topliss-reactive ketones (excluding diaryl/α,β-unsaturated/α-hetero) is 1. The van der Waals surface area contributed by atoms with Gasteiger partial charge in [0.25, 0.3) is 11.5 Å². The Balaban J connectivity index is 1.36. The molecule has 0 radical (unpaired) electrons. The Morgan fingerprint density at radius 2 is 2.06 bits per heavy atom. The first-order chi connectivity index (χ1) is 16.9. The van der Waals surface area contributed by atoms with Crippen LogP contribution >= 0.6 is 23.1 Å². The number of ketones is 1. The Hall–Kier alpha value is -3.69. The largest absolute Gasteiger partial charge is 0.482 e. The summed E-state index contributed by atoms with van der Waals surface area (Å²) in [5, 5.41) is 2.87. The van der Waals surface area contributed by atoms with Crippen molar-refractivity contribution < 1.29 is 14.3 Å². The van der Waals surface area contributed by atoms with Crippen LogP contribution in [0.25, 0.3) is 21.3 Å². The van der Waals surface area contributed by atoms with E-state index < -0.39 is 0 Å². The smallest absolute Gasteiger partial charge is 0.265 e. The number of anilines is 1. The van der Waals surface area contributed by atoms with Crippen molar-refractivity contribution in [1.29, 1.82) is 0 Å². The second kappa shape index (κ2) is 9.52. The van der Waals surface area contributed by atoms with Crippen LogP contribution in [0.15, 0.2) is 70.5 Å². The molecular formula is C26H21N3O4S2. The maximum Gasteiger partial charge on any atom is 0.265 e. The molecule has 7 nitrogen and oxygen atoms in total. The molecule has 9 heteroatoms. The topological polar surface area (TPSA) is 92.4 Å². The molecule has 1 aliphatic heterocycles. The number of rotatable bonds is 7. The lowest BCUT2D eigenvalue weighted by Crippen LogP contribution is -2.38. The molecule has 0 atom stereocenters. The molecular weight excluding hydrogens is 482 g/mol. The maximum atomic E-state index is 12.9. The van der Waals surface area contributed by atoms with Crippen LogP contribution in [0.4, 0.5) is 5.69 Å². The number of carbonyl (C=O) groups is 2. The molecule has 0 spiro atoms. The zero-order chi connectivity index (χ0) is 24.5. The molecule has 0 saturated heterocycles. The van der Waals surface area contributed by atoms with E-state index in [1.807, 2.05) is 36.6 Å². The van der Waals surface area contributed by atoms with Gasteiger partial charge in [-0.25, -0.2) is 4.98 Å². The zero-order valence-electron chi connectivity index (χ0n) is 18.9. The van der Waals surface area contributed by atoms with Crippen LogP contribution in [0.2, 0.25) is 0 Å². The van der Waals surface area contributed by atoms with Crippen LogP contribution in [0.3, 0.4) is 0 Å². The van der Waals surface area contributed by atoms with E-state index in [4.69, 9.17) is 4.74 Å². The molecule has 0 aliphatic carbocycles. The van der Waals surface area contributed by atoms with Crippen molar-refractivity contribution in [2.75, 3.05) is 23.8 Å². The molecule has 2 aromatic heterocycles. The summed E-state index contributed by atoms with van der Waals surface area (Å²) >= 11 is 2.57. The number of hydrogen-bond donors (Lipinski definition) is 1. The Kier molecular flexibility index (Phi) is 6.27. The molecule has 1 aliphatic rings. The van der Waals surface area contributed by atoms with Crippen LogP contribution in [-0.4, -0.2) is 40.6 Å². The van der Waals surface area contributed by atoms with Gasteiger partial charge in [-0.05, 0) is 30.7 Å². The first kappa shape index (κ1) is 23.1. The van der Waals surface area contributed by atoms with Gasteiger partial charge in [-0.3, -0.25) is 14.4 Å². The minimum atomic E-state index is -0.230. The average Bonchev–Trinajstić information content (AvgIpc) is 3.29. The molecule has 176 valence electrons. The van der Waals surface area contributed by atoms with Gasteiger partial charge >= 0.3 is 0 Å². The summed E-state index contributed by atoms with van der Waals surface area (Å²) in [6.45, 7) is 6.00. The second-order valence-electron chi connectivity index (χ2n) is 8.04. The fourth-order valence-corrected chi connectivity index (χ4v) is 5.63. The number of nitrogens with zero attached hydrogens (tertiary/aromatic N) is 2. The highest BCUT2D eigenvalue weighted by Gasteiger charge is 2.25. The number of thioether (sulfide) groups is 1. The standard InChI is InChI=1S/C26H21N3O4S2/c1-3-10-29-19-11-17(8-9-21(19)33-12-22(29)31)20(30)14-35-26-27-24(32)23-18(13-34-25(23)28-26)16-6-4-15(2)5-7-16/h3-9,11,13H,1,10,12,14H2,2H3,(H,27,28,32). The van der Waals surface area contributed by atoms with E-state index in [0.29, 0.717) is 38.9 Å². The van der Waals surface area contributed by atoms with Crippen molar-refractivity contribution >= 4 is 50.7 Å². The highest BCUT2D eigenvalue weighted by molar-refractivity contribution is 7.99. The predicted molar refractivity (Wildman–Crippen MR) is 140 cm³/mol. The number of aromatic nitrogens is 2. The van der Waals surface area contributed by atoms with Gasteiger partial charge in [-0.2, -0.15) is 0 Å². The SMILES string of the molecule is C=CCN1C(=O)COc2ccc(C(=O)CSc3nc4scc(-c5ccc(C)cc5)c4c(=O)[nH]3)cc21.